The van der Waals surface area contributed by atoms with Crippen molar-refractivity contribution in [1.29, 1.82) is 0 Å². The molecule has 1 aliphatic rings. The number of rotatable bonds is 4. The molecule has 4 nitrogen and oxygen atoms in total. The molecule has 1 fully saturated rings. The van der Waals surface area contributed by atoms with E-state index in [1.54, 1.807) is 5.38 Å². The van der Waals surface area contributed by atoms with Gasteiger partial charge in [-0.05, 0) is 18.8 Å². The van der Waals surface area contributed by atoms with Crippen LogP contribution in [0.3, 0.4) is 0 Å². The predicted octanol–water partition coefficient (Wildman–Crippen LogP) is 2.86. The van der Waals surface area contributed by atoms with Crippen molar-refractivity contribution < 1.29 is 9.90 Å². The largest absolute Gasteiger partial charge is 0.476 e. The second-order valence-electron chi connectivity index (χ2n) is 4.71. The van der Waals surface area contributed by atoms with Gasteiger partial charge in [-0.15, -0.1) is 11.3 Å². The summed E-state index contributed by atoms with van der Waals surface area (Å²) in [5.74, 6) is -0.204. The van der Waals surface area contributed by atoms with Gasteiger partial charge in [0.05, 0.1) is 0 Å². The Bertz CT molecular complexity index is 386. The van der Waals surface area contributed by atoms with Crippen LogP contribution in [-0.2, 0) is 0 Å². The molecule has 0 bridgehead atoms. The van der Waals surface area contributed by atoms with Crippen LogP contribution in [0.1, 0.15) is 42.6 Å². The molecule has 0 saturated heterocycles. The van der Waals surface area contributed by atoms with Crippen molar-refractivity contribution in [3.63, 3.8) is 0 Å². The molecule has 0 atom stereocenters. The van der Waals surface area contributed by atoms with E-state index in [-0.39, 0.29) is 5.69 Å². The molecule has 0 amide bonds. The van der Waals surface area contributed by atoms with Gasteiger partial charge >= 0.3 is 5.97 Å². The quantitative estimate of drug-likeness (QED) is 0.897. The summed E-state index contributed by atoms with van der Waals surface area (Å²) in [6.45, 7) is 0.993. The summed E-state index contributed by atoms with van der Waals surface area (Å²) in [5, 5.41) is 11.2. The molecule has 1 saturated carbocycles. The van der Waals surface area contributed by atoms with Gasteiger partial charge in [0.25, 0.3) is 0 Å². The molecule has 0 aliphatic heterocycles. The van der Waals surface area contributed by atoms with Crippen LogP contribution >= 0.6 is 11.3 Å². The van der Waals surface area contributed by atoms with Crippen molar-refractivity contribution >= 4 is 22.4 Å². The van der Waals surface area contributed by atoms with Crippen LogP contribution in [0.5, 0.6) is 0 Å². The first-order valence-corrected chi connectivity index (χ1v) is 6.94. The van der Waals surface area contributed by atoms with Crippen molar-refractivity contribution in [2.75, 3.05) is 18.5 Å². The van der Waals surface area contributed by atoms with E-state index in [1.807, 2.05) is 7.05 Å². The van der Waals surface area contributed by atoms with Crippen molar-refractivity contribution in [2.24, 2.45) is 5.92 Å². The molecule has 0 unspecified atom stereocenters. The van der Waals surface area contributed by atoms with Crippen molar-refractivity contribution in [3.05, 3.63) is 11.1 Å². The molecular formula is C12H18N2O2S. The highest BCUT2D eigenvalue weighted by Gasteiger charge is 2.18. The van der Waals surface area contributed by atoms with Crippen LogP contribution in [0.4, 0.5) is 5.13 Å². The Kier molecular flexibility index (Phi) is 3.99. The third-order valence-corrected chi connectivity index (χ3v) is 4.25. The van der Waals surface area contributed by atoms with Crippen LogP contribution in [-0.4, -0.2) is 29.7 Å². The van der Waals surface area contributed by atoms with Crippen LogP contribution in [0.15, 0.2) is 5.38 Å². The Labute approximate surface area is 105 Å². The molecule has 1 heterocycles. The number of hydrogen-bond acceptors (Lipinski definition) is 4. The number of nitrogens with zero attached hydrogens (tertiary/aromatic N) is 2. The SMILES string of the molecule is CN(CC1CCCCC1)c1nc(C(=O)O)cs1. The lowest BCUT2D eigenvalue weighted by atomic mass is 9.89. The van der Waals surface area contributed by atoms with Gasteiger partial charge < -0.3 is 10.0 Å². The van der Waals surface area contributed by atoms with E-state index in [9.17, 15) is 4.79 Å². The topological polar surface area (TPSA) is 53.4 Å². The highest BCUT2D eigenvalue weighted by Crippen LogP contribution is 2.27. The van der Waals surface area contributed by atoms with E-state index in [4.69, 9.17) is 5.11 Å². The number of thiazole rings is 1. The minimum Gasteiger partial charge on any atom is -0.476 e. The molecule has 2 rings (SSSR count). The van der Waals surface area contributed by atoms with E-state index in [0.29, 0.717) is 0 Å². The maximum absolute atomic E-state index is 10.8. The van der Waals surface area contributed by atoms with Crippen LogP contribution in [0, 0.1) is 5.92 Å². The molecule has 0 spiro atoms. The Morgan fingerprint density at radius 1 is 1.53 bits per heavy atom. The maximum Gasteiger partial charge on any atom is 0.355 e. The summed E-state index contributed by atoms with van der Waals surface area (Å²) in [7, 11) is 2.00. The van der Waals surface area contributed by atoms with Gasteiger partial charge in [0.15, 0.2) is 10.8 Å². The Morgan fingerprint density at radius 3 is 2.82 bits per heavy atom. The number of aromatic nitrogens is 1. The Hall–Kier alpha value is -1.10. The smallest absolute Gasteiger partial charge is 0.355 e. The van der Waals surface area contributed by atoms with Gasteiger partial charge in [-0.1, -0.05) is 19.3 Å². The molecular weight excluding hydrogens is 236 g/mol. The summed E-state index contributed by atoms with van der Waals surface area (Å²) < 4.78 is 0. The van der Waals surface area contributed by atoms with Crippen LogP contribution in [0.2, 0.25) is 0 Å². The predicted molar refractivity (Wildman–Crippen MR) is 68.9 cm³/mol. The van der Waals surface area contributed by atoms with E-state index in [0.717, 1.165) is 17.6 Å². The Morgan fingerprint density at radius 2 is 2.24 bits per heavy atom. The Balaban J connectivity index is 1.93. The van der Waals surface area contributed by atoms with Crippen LogP contribution in [0.25, 0.3) is 0 Å². The van der Waals surface area contributed by atoms with Gasteiger partial charge in [-0.3, -0.25) is 0 Å². The van der Waals surface area contributed by atoms with E-state index in [2.05, 4.69) is 9.88 Å². The van der Waals surface area contributed by atoms with Crippen molar-refractivity contribution in [3.8, 4) is 0 Å². The zero-order valence-corrected chi connectivity index (χ0v) is 10.9. The lowest BCUT2D eigenvalue weighted by Crippen LogP contribution is -2.26. The van der Waals surface area contributed by atoms with Gasteiger partial charge in [-0.2, -0.15) is 0 Å². The summed E-state index contributed by atoms with van der Waals surface area (Å²) >= 11 is 1.41. The fourth-order valence-corrected chi connectivity index (χ4v) is 3.15. The van der Waals surface area contributed by atoms with Gasteiger partial charge in [0.2, 0.25) is 0 Å². The number of aromatic carboxylic acids is 1. The molecule has 17 heavy (non-hydrogen) atoms. The average molecular weight is 254 g/mol. The zero-order chi connectivity index (χ0) is 12.3. The average Bonchev–Trinajstić information content (AvgIpc) is 2.79. The number of anilines is 1. The number of carbonyl (C=O) groups is 1. The fourth-order valence-electron chi connectivity index (χ4n) is 2.37. The fraction of sp³-hybridized carbons (Fsp3) is 0.667. The molecule has 1 aromatic heterocycles. The third-order valence-electron chi connectivity index (χ3n) is 3.29. The molecule has 1 aromatic rings. The van der Waals surface area contributed by atoms with Gasteiger partial charge in [-0.25, -0.2) is 9.78 Å². The van der Waals surface area contributed by atoms with E-state index < -0.39 is 5.97 Å². The van der Waals surface area contributed by atoms with Gasteiger partial charge in [0, 0.05) is 19.0 Å². The minimum atomic E-state index is -0.946. The second kappa shape index (κ2) is 5.49. The van der Waals surface area contributed by atoms with E-state index in [1.165, 1.54) is 43.4 Å². The standard InChI is InChI=1S/C12H18N2O2S/c1-14(7-9-5-3-2-4-6-9)12-13-10(8-17-12)11(15)16/h8-9H,2-7H2,1H3,(H,15,16). The summed E-state index contributed by atoms with van der Waals surface area (Å²) in [6.07, 6.45) is 6.61. The highest BCUT2D eigenvalue weighted by atomic mass is 32.1. The maximum atomic E-state index is 10.8. The third kappa shape index (κ3) is 3.19. The first kappa shape index (κ1) is 12.4. The summed E-state index contributed by atoms with van der Waals surface area (Å²) in [5.41, 5.74) is 0.153. The molecule has 1 N–H and O–H groups in total. The van der Waals surface area contributed by atoms with E-state index >= 15 is 0 Å². The lowest BCUT2D eigenvalue weighted by molar-refractivity contribution is 0.0691. The van der Waals surface area contributed by atoms with Crippen molar-refractivity contribution in [1.82, 2.24) is 4.98 Å². The highest BCUT2D eigenvalue weighted by molar-refractivity contribution is 7.13. The minimum absolute atomic E-state index is 0.153. The normalized spacial score (nSPS) is 17.0. The first-order chi connectivity index (χ1) is 8.16. The molecule has 5 heteroatoms. The molecule has 94 valence electrons. The molecule has 0 aromatic carbocycles. The monoisotopic (exact) mass is 254 g/mol. The van der Waals surface area contributed by atoms with Crippen molar-refractivity contribution in [2.45, 2.75) is 32.1 Å². The number of hydrogen-bond donors (Lipinski definition) is 1. The van der Waals surface area contributed by atoms with Gasteiger partial charge in [0.1, 0.15) is 0 Å². The molecule has 1 aliphatic carbocycles. The molecule has 0 radical (unpaired) electrons. The first-order valence-electron chi connectivity index (χ1n) is 6.07. The lowest BCUT2D eigenvalue weighted by Gasteiger charge is -2.26. The summed E-state index contributed by atoms with van der Waals surface area (Å²) in [4.78, 5) is 17.0. The second-order valence-corrected chi connectivity index (χ2v) is 5.54. The number of carboxylic acid groups (broad SMARTS) is 1. The summed E-state index contributed by atoms with van der Waals surface area (Å²) in [6, 6.07) is 0. The van der Waals surface area contributed by atoms with Crippen LogP contribution < -0.4 is 4.90 Å². The zero-order valence-electron chi connectivity index (χ0n) is 10.1. The number of carboxylic acids is 1.